The van der Waals surface area contributed by atoms with Gasteiger partial charge in [0, 0.05) is 22.1 Å². The van der Waals surface area contributed by atoms with Crippen LogP contribution < -0.4 is 5.32 Å². The minimum Gasteiger partial charge on any atom is -0.389 e. The van der Waals surface area contributed by atoms with E-state index in [0.29, 0.717) is 13.2 Å². The average molecular weight is 423 g/mol. The van der Waals surface area contributed by atoms with Gasteiger partial charge >= 0.3 is 0 Å². The highest BCUT2D eigenvalue weighted by molar-refractivity contribution is 9.11. The fourth-order valence-electron chi connectivity index (χ4n) is 2.00. The Morgan fingerprint density at radius 3 is 2.48 bits per heavy atom. The van der Waals surface area contributed by atoms with Crippen LogP contribution in [0.25, 0.3) is 0 Å². The Morgan fingerprint density at radius 2 is 1.86 bits per heavy atom. The summed E-state index contributed by atoms with van der Waals surface area (Å²) in [6.07, 6.45) is 4.25. The number of hydrogen-bond acceptors (Lipinski definition) is 3. The lowest BCUT2D eigenvalue weighted by atomic mass is 10.2. The van der Waals surface area contributed by atoms with E-state index >= 15 is 0 Å². The molecule has 3 nitrogen and oxygen atoms in total. The maximum atomic E-state index is 9.93. The number of hydrogen-bond donors (Lipinski definition) is 2. The highest BCUT2D eigenvalue weighted by Crippen LogP contribution is 2.32. The van der Waals surface area contributed by atoms with E-state index in [2.05, 4.69) is 44.1 Å². The molecule has 0 heterocycles. The number of nitrogens with one attached hydrogen (secondary N) is 1. The van der Waals surface area contributed by atoms with Gasteiger partial charge in [-0.2, -0.15) is 0 Å². The average Bonchev–Trinajstić information content (AvgIpc) is 2.41. The Bertz CT molecular complexity index is 404. The monoisotopic (exact) mass is 421 g/mol. The normalized spacial score (nSPS) is 12.4. The van der Waals surface area contributed by atoms with Crippen LogP contribution in [0.2, 0.25) is 0 Å². The van der Waals surface area contributed by atoms with Crippen molar-refractivity contribution in [3.63, 3.8) is 0 Å². The van der Waals surface area contributed by atoms with Gasteiger partial charge in [-0.15, -0.1) is 0 Å². The number of benzene rings is 1. The lowest BCUT2D eigenvalue weighted by Crippen LogP contribution is -2.25. The molecule has 0 aliphatic rings. The molecule has 0 fully saturated rings. The molecule has 0 saturated carbocycles. The van der Waals surface area contributed by atoms with E-state index in [9.17, 15) is 5.11 Å². The summed E-state index contributed by atoms with van der Waals surface area (Å²) in [6, 6.07) is 4.09. The first kappa shape index (κ1) is 18.9. The topological polar surface area (TPSA) is 41.5 Å². The van der Waals surface area contributed by atoms with Crippen molar-refractivity contribution in [3.8, 4) is 0 Å². The molecule has 0 aliphatic heterocycles. The largest absolute Gasteiger partial charge is 0.389 e. The van der Waals surface area contributed by atoms with Gasteiger partial charge in [-0.05, 0) is 62.9 Å². The summed E-state index contributed by atoms with van der Waals surface area (Å²) in [5.41, 5.74) is 2.14. The summed E-state index contributed by atoms with van der Waals surface area (Å²) < 4.78 is 7.47. The summed E-state index contributed by atoms with van der Waals surface area (Å²) in [4.78, 5) is 0. The van der Waals surface area contributed by atoms with Gasteiger partial charge in [0.15, 0.2) is 0 Å². The number of aliphatic hydroxyl groups is 1. The van der Waals surface area contributed by atoms with E-state index in [1.165, 1.54) is 24.8 Å². The molecule has 0 aliphatic carbocycles. The Balaban J connectivity index is 2.25. The van der Waals surface area contributed by atoms with Crippen molar-refractivity contribution < 1.29 is 9.84 Å². The van der Waals surface area contributed by atoms with E-state index in [4.69, 9.17) is 4.74 Å². The summed E-state index contributed by atoms with van der Waals surface area (Å²) in [6.45, 7) is 5.81. The van der Waals surface area contributed by atoms with E-state index in [0.717, 1.165) is 27.7 Å². The van der Waals surface area contributed by atoms with Crippen molar-refractivity contribution in [2.24, 2.45) is 0 Å². The van der Waals surface area contributed by atoms with Gasteiger partial charge in [0.05, 0.1) is 18.4 Å². The molecule has 21 heavy (non-hydrogen) atoms. The first-order valence-electron chi connectivity index (χ1n) is 7.50. The van der Waals surface area contributed by atoms with Crippen molar-refractivity contribution in [3.05, 3.63) is 26.6 Å². The van der Waals surface area contributed by atoms with Crippen molar-refractivity contribution in [1.82, 2.24) is 0 Å². The fraction of sp³-hybridized carbons (Fsp3) is 0.625. The predicted octanol–water partition coefficient (Wildman–Crippen LogP) is 4.89. The molecule has 0 amide bonds. The molecule has 1 aromatic carbocycles. The summed E-state index contributed by atoms with van der Waals surface area (Å²) in [7, 11) is 0. The number of aliphatic hydroxyl groups excluding tert-OH is 1. The Morgan fingerprint density at radius 1 is 1.19 bits per heavy atom. The molecular formula is C16H25Br2NO2. The number of ether oxygens (including phenoxy) is 1. The smallest absolute Gasteiger partial charge is 0.0945 e. The third-order valence-electron chi connectivity index (χ3n) is 3.15. The third kappa shape index (κ3) is 7.63. The summed E-state index contributed by atoms with van der Waals surface area (Å²) in [5.74, 6) is 0. The van der Waals surface area contributed by atoms with E-state index in [1.54, 1.807) is 0 Å². The molecule has 2 N–H and O–H groups in total. The predicted molar refractivity (Wildman–Crippen MR) is 96.0 cm³/mol. The molecule has 1 aromatic rings. The van der Waals surface area contributed by atoms with Crippen LogP contribution >= 0.6 is 31.9 Å². The van der Waals surface area contributed by atoms with Gasteiger partial charge in [0.2, 0.25) is 0 Å². The van der Waals surface area contributed by atoms with Gasteiger partial charge in [-0.1, -0.05) is 26.2 Å². The van der Waals surface area contributed by atoms with E-state index in [1.807, 2.05) is 19.1 Å². The highest BCUT2D eigenvalue weighted by Gasteiger charge is 2.09. The van der Waals surface area contributed by atoms with Crippen molar-refractivity contribution in [2.75, 3.05) is 25.1 Å². The van der Waals surface area contributed by atoms with Crippen LogP contribution in [0, 0.1) is 6.92 Å². The first-order valence-corrected chi connectivity index (χ1v) is 9.08. The van der Waals surface area contributed by atoms with Gasteiger partial charge < -0.3 is 15.2 Å². The molecule has 0 bridgehead atoms. The van der Waals surface area contributed by atoms with Gasteiger partial charge in [0.25, 0.3) is 0 Å². The van der Waals surface area contributed by atoms with E-state index in [-0.39, 0.29) is 0 Å². The number of rotatable bonds is 10. The summed E-state index contributed by atoms with van der Waals surface area (Å²) >= 11 is 7.06. The van der Waals surface area contributed by atoms with Gasteiger partial charge in [-0.25, -0.2) is 0 Å². The maximum Gasteiger partial charge on any atom is 0.0945 e. The Labute approximate surface area is 144 Å². The highest BCUT2D eigenvalue weighted by atomic mass is 79.9. The SMILES string of the molecule is CCCCCCOCC(O)CNc1c(Br)cc(C)cc1Br. The van der Waals surface area contributed by atoms with Crippen LogP contribution in [0.1, 0.15) is 38.2 Å². The standard InChI is InChI=1S/C16H25Br2NO2/c1-3-4-5-6-7-21-11-13(20)10-19-16-14(17)8-12(2)9-15(16)18/h8-9,13,19-20H,3-7,10-11H2,1-2H3. The van der Waals surface area contributed by atoms with Crippen molar-refractivity contribution in [2.45, 2.75) is 45.6 Å². The lowest BCUT2D eigenvalue weighted by Gasteiger charge is -2.16. The van der Waals surface area contributed by atoms with Crippen LogP contribution in [-0.2, 0) is 4.74 Å². The second kappa shape index (κ2) is 10.6. The Kier molecular flexibility index (Phi) is 9.56. The quantitative estimate of drug-likeness (QED) is 0.527. The van der Waals surface area contributed by atoms with Crippen LogP contribution in [0.4, 0.5) is 5.69 Å². The van der Waals surface area contributed by atoms with Crippen LogP contribution in [0.5, 0.6) is 0 Å². The minimum atomic E-state index is -0.503. The zero-order chi connectivity index (χ0) is 15.7. The number of aryl methyl sites for hydroxylation is 1. The van der Waals surface area contributed by atoms with Gasteiger partial charge in [-0.3, -0.25) is 0 Å². The number of anilines is 1. The molecule has 0 spiro atoms. The molecule has 1 rings (SSSR count). The second-order valence-electron chi connectivity index (χ2n) is 5.27. The van der Waals surface area contributed by atoms with Crippen LogP contribution in [-0.4, -0.2) is 31.0 Å². The van der Waals surface area contributed by atoms with Crippen LogP contribution in [0.15, 0.2) is 21.1 Å². The summed E-state index contributed by atoms with van der Waals surface area (Å²) in [5, 5.41) is 13.2. The lowest BCUT2D eigenvalue weighted by molar-refractivity contribution is 0.0416. The molecule has 1 unspecified atom stereocenters. The molecule has 1 atom stereocenters. The molecule has 0 radical (unpaired) electrons. The molecule has 120 valence electrons. The number of halogens is 2. The first-order chi connectivity index (χ1) is 10.0. The van der Waals surface area contributed by atoms with Crippen molar-refractivity contribution >= 4 is 37.5 Å². The molecule has 5 heteroatoms. The van der Waals surface area contributed by atoms with Crippen LogP contribution in [0.3, 0.4) is 0 Å². The molecular weight excluding hydrogens is 398 g/mol. The second-order valence-corrected chi connectivity index (χ2v) is 6.98. The Hall–Kier alpha value is -0.100. The fourth-order valence-corrected chi connectivity index (χ4v) is 3.69. The zero-order valence-corrected chi connectivity index (χ0v) is 16.0. The molecule has 0 aromatic heterocycles. The third-order valence-corrected chi connectivity index (χ3v) is 4.40. The minimum absolute atomic E-state index is 0.375. The van der Waals surface area contributed by atoms with Crippen molar-refractivity contribution in [1.29, 1.82) is 0 Å². The van der Waals surface area contributed by atoms with Gasteiger partial charge in [0.1, 0.15) is 0 Å². The number of unbranched alkanes of at least 4 members (excludes halogenated alkanes) is 3. The molecule has 0 saturated heterocycles. The zero-order valence-electron chi connectivity index (χ0n) is 12.8. The maximum absolute atomic E-state index is 9.93. The van der Waals surface area contributed by atoms with E-state index < -0.39 is 6.10 Å².